The van der Waals surface area contributed by atoms with Crippen LogP contribution in [0.1, 0.15) is 6.42 Å². The van der Waals surface area contributed by atoms with Crippen molar-refractivity contribution >= 4 is 45.1 Å². The lowest BCUT2D eigenvalue weighted by atomic mass is 10.3. The first kappa shape index (κ1) is 13.3. The van der Waals surface area contributed by atoms with Crippen molar-refractivity contribution in [1.29, 1.82) is 0 Å². The molecule has 0 atom stereocenters. The van der Waals surface area contributed by atoms with Crippen LogP contribution < -0.4 is 0 Å². The molecule has 1 aromatic carbocycles. The fourth-order valence-corrected chi connectivity index (χ4v) is 2.43. The first-order valence-corrected chi connectivity index (χ1v) is 6.77. The molecule has 96 valence electrons. The van der Waals surface area contributed by atoms with Crippen LogP contribution in [0.4, 0.5) is 0 Å². The molecule has 0 saturated heterocycles. The van der Waals surface area contributed by atoms with E-state index in [0.717, 1.165) is 15.5 Å². The van der Waals surface area contributed by atoms with Gasteiger partial charge in [-0.3, -0.25) is 4.79 Å². The van der Waals surface area contributed by atoms with Crippen LogP contribution in [0.15, 0.2) is 22.7 Å². The maximum Gasteiger partial charge on any atom is 0.223 e. The zero-order valence-corrected chi connectivity index (χ0v) is 12.6. The van der Waals surface area contributed by atoms with Gasteiger partial charge in [-0.15, -0.1) is 0 Å². The first-order valence-electron chi connectivity index (χ1n) is 5.57. The van der Waals surface area contributed by atoms with Gasteiger partial charge >= 0.3 is 0 Å². The summed E-state index contributed by atoms with van der Waals surface area (Å²) < 4.78 is 3.60. The van der Waals surface area contributed by atoms with Crippen LogP contribution in [-0.4, -0.2) is 34.5 Å². The van der Waals surface area contributed by atoms with Gasteiger partial charge in [-0.25, -0.2) is 0 Å². The fourth-order valence-electron chi connectivity index (χ4n) is 1.78. The highest BCUT2D eigenvalue weighted by Gasteiger charge is 2.08. The quantitative estimate of drug-likeness (QED) is 0.880. The summed E-state index contributed by atoms with van der Waals surface area (Å²) in [6.45, 7) is 0.590. The zero-order chi connectivity index (χ0) is 13.3. The first-order chi connectivity index (χ1) is 8.49. The molecule has 2 aromatic rings. The molecule has 0 saturated carbocycles. The molecular weight excluding hydrogens is 314 g/mol. The van der Waals surface area contributed by atoms with Crippen LogP contribution >= 0.6 is 28.1 Å². The molecule has 0 spiro atoms. The van der Waals surface area contributed by atoms with E-state index in [1.165, 1.54) is 0 Å². The smallest absolute Gasteiger partial charge is 0.223 e. The second kappa shape index (κ2) is 5.24. The lowest BCUT2D eigenvalue weighted by Crippen LogP contribution is -2.22. The number of rotatable bonds is 3. The van der Waals surface area contributed by atoms with Crippen LogP contribution in [0, 0.1) is 4.77 Å². The Morgan fingerprint density at radius 1 is 1.50 bits per heavy atom. The number of fused-ring (bicyclic) bond motifs is 1. The number of carbonyl (C=O) groups is 1. The van der Waals surface area contributed by atoms with Gasteiger partial charge in [0.15, 0.2) is 4.77 Å². The molecule has 1 amide bonds. The number of imidazole rings is 1. The molecule has 0 fully saturated rings. The second-order valence-electron chi connectivity index (χ2n) is 4.28. The van der Waals surface area contributed by atoms with Gasteiger partial charge in [-0.05, 0) is 30.4 Å². The maximum atomic E-state index is 11.6. The van der Waals surface area contributed by atoms with Crippen LogP contribution in [0.3, 0.4) is 0 Å². The number of aryl methyl sites for hydroxylation is 1. The Morgan fingerprint density at radius 3 is 2.89 bits per heavy atom. The van der Waals surface area contributed by atoms with E-state index < -0.39 is 0 Å². The topological polar surface area (TPSA) is 41.0 Å². The highest BCUT2D eigenvalue weighted by Crippen LogP contribution is 2.20. The molecule has 0 aliphatic heterocycles. The number of H-pyrrole nitrogens is 1. The van der Waals surface area contributed by atoms with Crippen molar-refractivity contribution in [2.75, 3.05) is 14.1 Å². The maximum absolute atomic E-state index is 11.6. The van der Waals surface area contributed by atoms with E-state index in [2.05, 4.69) is 20.9 Å². The predicted molar refractivity (Wildman–Crippen MR) is 78.1 cm³/mol. The van der Waals surface area contributed by atoms with Crippen molar-refractivity contribution < 1.29 is 4.79 Å². The molecule has 1 aromatic heterocycles. The van der Waals surface area contributed by atoms with E-state index in [0.29, 0.717) is 17.7 Å². The number of halogens is 1. The van der Waals surface area contributed by atoms with Crippen molar-refractivity contribution in [3.63, 3.8) is 0 Å². The van der Waals surface area contributed by atoms with E-state index in [-0.39, 0.29) is 5.91 Å². The number of nitrogens with zero attached hydrogens (tertiary/aromatic N) is 2. The number of aromatic nitrogens is 2. The third-order valence-electron chi connectivity index (χ3n) is 2.79. The Kier molecular flexibility index (Phi) is 3.87. The molecule has 0 radical (unpaired) electrons. The standard InChI is InChI=1S/C12H14BrN3OS/c1-15(2)11(17)5-6-16-10-7-8(13)3-4-9(10)14-12(16)18/h3-4,7H,5-6H2,1-2H3,(H,14,18). The average molecular weight is 328 g/mol. The van der Waals surface area contributed by atoms with Crippen LogP contribution in [0.5, 0.6) is 0 Å². The van der Waals surface area contributed by atoms with Crippen molar-refractivity contribution in [3.8, 4) is 0 Å². The molecule has 0 unspecified atom stereocenters. The Hall–Kier alpha value is -1.14. The number of aromatic amines is 1. The van der Waals surface area contributed by atoms with Gasteiger partial charge < -0.3 is 14.5 Å². The summed E-state index contributed by atoms with van der Waals surface area (Å²) in [5.41, 5.74) is 2.00. The van der Waals surface area contributed by atoms with E-state index in [1.54, 1.807) is 19.0 Å². The zero-order valence-electron chi connectivity index (χ0n) is 10.2. The number of amides is 1. The van der Waals surface area contributed by atoms with E-state index in [1.807, 2.05) is 22.8 Å². The summed E-state index contributed by atoms with van der Waals surface area (Å²) >= 11 is 8.72. The third-order valence-corrected chi connectivity index (χ3v) is 3.60. The Labute approximate surface area is 119 Å². The van der Waals surface area contributed by atoms with Gasteiger partial charge in [0.2, 0.25) is 5.91 Å². The predicted octanol–water partition coefficient (Wildman–Crippen LogP) is 2.94. The van der Waals surface area contributed by atoms with E-state index in [4.69, 9.17) is 12.2 Å². The molecule has 0 bridgehead atoms. The molecule has 1 N–H and O–H groups in total. The molecule has 2 rings (SSSR count). The molecule has 18 heavy (non-hydrogen) atoms. The number of nitrogens with one attached hydrogen (secondary N) is 1. The van der Waals surface area contributed by atoms with E-state index in [9.17, 15) is 4.79 Å². The van der Waals surface area contributed by atoms with Gasteiger partial charge in [-0.2, -0.15) is 0 Å². The second-order valence-corrected chi connectivity index (χ2v) is 5.58. The van der Waals surface area contributed by atoms with Gasteiger partial charge in [-0.1, -0.05) is 15.9 Å². The van der Waals surface area contributed by atoms with Gasteiger partial charge in [0, 0.05) is 31.5 Å². The number of carbonyl (C=O) groups excluding carboxylic acids is 1. The van der Waals surface area contributed by atoms with Crippen molar-refractivity contribution in [2.24, 2.45) is 0 Å². The fraction of sp³-hybridized carbons (Fsp3) is 0.333. The third kappa shape index (κ3) is 2.64. The molecule has 1 heterocycles. The number of hydrogen-bond donors (Lipinski definition) is 1. The van der Waals surface area contributed by atoms with Crippen molar-refractivity contribution in [3.05, 3.63) is 27.4 Å². The summed E-state index contributed by atoms with van der Waals surface area (Å²) in [7, 11) is 3.51. The van der Waals surface area contributed by atoms with Gasteiger partial charge in [0.05, 0.1) is 11.0 Å². The van der Waals surface area contributed by atoms with Crippen molar-refractivity contribution in [1.82, 2.24) is 14.5 Å². The Bertz CT molecular complexity index is 644. The minimum atomic E-state index is 0.0984. The average Bonchev–Trinajstić information content (AvgIpc) is 2.61. The Morgan fingerprint density at radius 2 is 2.22 bits per heavy atom. The lowest BCUT2D eigenvalue weighted by molar-refractivity contribution is -0.128. The number of hydrogen-bond acceptors (Lipinski definition) is 2. The summed E-state index contributed by atoms with van der Waals surface area (Å²) in [5.74, 6) is 0.0984. The highest BCUT2D eigenvalue weighted by molar-refractivity contribution is 9.10. The highest BCUT2D eigenvalue weighted by atomic mass is 79.9. The molecule has 6 heteroatoms. The summed E-state index contributed by atoms with van der Waals surface area (Å²) in [5, 5.41) is 0. The molecule has 0 aliphatic carbocycles. The summed E-state index contributed by atoms with van der Waals surface area (Å²) in [6, 6.07) is 5.93. The molecule has 0 aliphatic rings. The van der Waals surface area contributed by atoms with Crippen LogP contribution in [-0.2, 0) is 11.3 Å². The summed E-state index contributed by atoms with van der Waals surface area (Å²) in [6.07, 6.45) is 0.445. The van der Waals surface area contributed by atoms with E-state index >= 15 is 0 Å². The van der Waals surface area contributed by atoms with Crippen molar-refractivity contribution in [2.45, 2.75) is 13.0 Å². The Balaban J connectivity index is 2.33. The minimum absolute atomic E-state index is 0.0984. The minimum Gasteiger partial charge on any atom is -0.349 e. The van der Waals surface area contributed by atoms with Crippen LogP contribution in [0.25, 0.3) is 11.0 Å². The lowest BCUT2D eigenvalue weighted by Gasteiger charge is -2.10. The normalized spacial score (nSPS) is 10.8. The molecule has 4 nitrogen and oxygen atoms in total. The summed E-state index contributed by atoms with van der Waals surface area (Å²) in [4.78, 5) is 16.3. The molecular formula is C12H14BrN3OS. The largest absolute Gasteiger partial charge is 0.349 e. The van der Waals surface area contributed by atoms with Gasteiger partial charge in [0.1, 0.15) is 0 Å². The van der Waals surface area contributed by atoms with Gasteiger partial charge in [0.25, 0.3) is 0 Å². The van der Waals surface area contributed by atoms with Crippen LogP contribution in [0.2, 0.25) is 0 Å². The monoisotopic (exact) mass is 327 g/mol. The number of benzene rings is 1. The SMILES string of the molecule is CN(C)C(=O)CCn1c(=S)[nH]c2ccc(Br)cc21.